The number of carbonyl (C=O) groups is 1. The third-order valence-corrected chi connectivity index (χ3v) is 6.03. The van der Waals surface area contributed by atoms with Gasteiger partial charge < -0.3 is 13.3 Å². The Morgan fingerprint density at radius 1 is 1.16 bits per heavy atom. The molecule has 5 aromatic rings. The molecule has 0 amide bonds. The molecule has 0 N–H and O–H groups in total. The van der Waals surface area contributed by atoms with Crippen molar-refractivity contribution in [2.75, 3.05) is 0 Å². The molecule has 1 aliphatic carbocycles. The van der Waals surface area contributed by atoms with Crippen LogP contribution in [0.15, 0.2) is 53.7 Å². The van der Waals surface area contributed by atoms with Gasteiger partial charge in [-0.15, -0.1) is 0 Å². The first kappa shape index (κ1) is 19.2. The zero-order chi connectivity index (χ0) is 21.7. The number of imidazole rings is 2. The van der Waals surface area contributed by atoms with Gasteiger partial charge in [0.1, 0.15) is 5.65 Å². The van der Waals surface area contributed by atoms with Crippen LogP contribution in [0.2, 0.25) is 5.02 Å². The van der Waals surface area contributed by atoms with E-state index in [4.69, 9.17) is 16.1 Å². The second kappa shape index (κ2) is 7.56. The minimum atomic E-state index is -0.188. The van der Waals surface area contributed by atoms with Crippen LogP contribution in [0.5, 0.6) is 0 Å². The molecule has 0 atom stereocenters. The fourth-order valence-corrected chi connectivity index (χ4v) is 4.11. The zero-order valence-corrected chi connectivity index (χ0v) is 17.9. The Labute approximate surface area is 187 Å². The molecule has 32 heavy (non-hydrogen) atoms. The van der Waals surface area contributed by atoms with Gasteiger partial charge in [0.05, 0.1) is 29.7 Å². The van der Waals surface area contributed by atoms with Gasteiger partial charge in [-0.1, -0.05) is 22.8 Å². The van der Waals surface area contributed by atoms with Crippen LogP contribution in [0.4, 0.5) is 0 Å². The average molecular weight is 447 g/mol. The number of ketones is 1. The van der Waals surface area contributed by atoms with Gasteiger partial charge in [0.15, 0.2) is 0 Å². The second-order valence-electron chi connectivity index (χ2n) is 8.17. The Hall–Kier alpha value is -3.52. The van der Waals surface area contributed by atoms with Crippen molar-refractivity contribution < 1.29 is 9.32 Å². The monoisotopic (exact) mass is 446 g/mol. The van der Waals surface area contributed by atoms with Crippen LogP contribution in [0.3, 0.4) is 0 Å². The van der Waals surface area contributed by atoms with Crippen LogP contribution >= 0.6 is 11.6 Å². The van der Waals surface area contributed by atoms with Gasteiger partial charge in [-0.05, 0) is 48.9 Å². The highest BCUT2D eigenvalue weighted by Crippen LogP contribution is 2.39. The number of rotatable bonds is 7. The third kappa shape index (κ3) is 3.67. The summed E-state index contributed by atoms with van der Waals surface area (Å²) in [7, 11) is 0. The van der Waals surface area contributed by atoms with Crippen LogP contribution < -0.4 is 0 Å². The minimum Gasteiger partial charge on any atom is -0.338 e. The van der Waals surface area contributed by atoms with Gasteiger partial charge in [0.25, 0.3) is 0 Å². The lowest BCUT2D eigenvalue weighted by molar-refractivity contribution is 0.0969. The number of fused-ring (bicyclic) bond motifs is 2. The van der Waals surface area contributed by atoms with E-state index in [-0.39, 0.29) is 18.0 Å². The lowest BCUT2D eigenvalue weighted by Crippen LogP contribution is -2.04. The van der Waals surface area contributed by atoms with E-state index in [9.17, 15) is 4.79 Å². The molecule has 5 heterocycles. The number of carbonyl (C=O) groups excluding carboxylic acids is 1. The Kier molecular flexibility index (Phi) is 4.53. The molecule has 5 aromatic heterocycles. The van der Waals surface area contributed by atoms with E-state index in [1.54, 1.807) is 12.4 Å². The number of pyridine rings is 2. The highest BCUT2D eigenvalue weighted by atomic mass is 35.5. The molecule has 0 saturated heterocycles. The normalized spacial score (nSPS) is 13.9. The highest BCUT2D eigenvalue weighted by molar-refractivity contribution is 6.30. The fraction of sp³-hybridized carbons (Fsp3) is 0.261. The van der Waals surface area contributed by atoms with Crippen molar-refractivity contribution in [3.05, 3.63) is 82.9 Å². The molecule has 0 aromatic carbocycles. The van der Waals surface area contributed by atoms with E-state index < -0.39 is 0 Å². The van der Waals surface area contributed by atoms with Gasteiger partial charge in [0, 0.05) is 30.0 Å². The minimum absolute atomic E-state index is 0.0846. The number of halogens is 1. The molecule has 1 saturated carbocycles. The van der Waals surface area contributed by atoms with E-state index in [0.29, 0.717) is 29.7 Å². The molecule has 0 spiro atoms. The molecule has 0 unspecified atom stereocenters. The zero-order valence-electron chi connectivity index (χ0n) is 17.1. The van der Waals surface area contributed by atoms with Crippen molar-refractivity contribution in [1.29, 1.82) is 0 Å². The standard InChI is InChI=1S/C23H19ClN6O2/c24-16-7-8-29-13-25-18(19(29)9-16)4-5-20(31)23-27-22(32-28-23)10-17-12-30-11-15(14-1-2-14)3-6-21(30)26-17/h3,6-9,11-14H,1-2,4-5,10H2. The topological polar surface area (TPSA) is 90.6 Å². The smallest absolute Gasteiger partial charge is 0.238 e. The van der Waals surface area contributed by atoms with Crippen LogP contribution in [-0.4, -0.2) is 34.7 Å². The first-order chi connectivity index (χ1) is 15.6. The molecule has 1 aliphatic rings. The summed E-state index contributed by atoms with van der Waals surface area (Å²) in [5, 5.41) is 4.50. The van der Waals surface area contributed by atoms with Crippen LogP contribution in [0, 0.1) is 0 Å². The summed E-state index contributed by atoms with van der Waals surface area (Å²) in [6, 6.07) is 7.81. The van der Waals surface area contributed by atoms with E-state index >= 15 is 0 Å². The van der Waals surface area contributed by atoms with E-state index in [1.165, 1.54) is 18.4 Å². The maximum atomic E-state index is 12.6. The molecule has 0 radical (unpaired) electrons. The van der Waals surface area contributed by atoms with Crippen molar-refractivity contribution >= 4 is 28.5 Å². The summed E-state index contributed by atoms with van der Waals surface area (Å²) >= 11 is 6.08. The number of aryl methyl sites for hydroxylation is 1. The van der Waals surface area contributed by atoms with Gasteiger partial charge in [-0.25, -0.2) is 9.97 Å². The number of nitrogens with zero attached hydrogens (tertiary/aromatic N) is 6. The van der Waals surface area contributed by atoms with Gasteiger partial charge in [-0.2, -0.15) is 4.98 Å². The molecular formula is C23H19ClN6O2. The SMILES string of the molecule is O=C(CCc1ncn2ccc(Cl)cc12)c1noc(Cc2cn3cc(C4CC4)ccc3n2)n1. The first-order valence-corrected chi connectivity index (χ1v) is 10.9. The molecule has 6 rings (SSSR count). The highest BCUT2D eigenvalue weighted by Gasteiger charge is 2.24. The second-order valence-corrected chi connectivity index (χ2v) is 8.61. The maximum absolute atomic E-state index is 12.6. The van der Waals surface area contributed by atoms with Crippen molar-refractivity contribution in [3.63, 3.8) is 0 Å². The number of hydrogen-bond acceptors (Lipinski definition) is 6. The fourth-order valence-electron chi connectivity index (χ4n) is 3.95. The Morgan fingerprint density at radius 2 is 2.06 bits per heavy atom. The number of hydrogen-bond donors (Lipinski definition) is 0. The van der Waals surface area contributed by atoms with Gasteiger partial charge in [0.2, 0.25) is 17.5 Å². The van der Waals surface area contributed by atoms with Crippen LogP contribution in [0.1, 0.15) is 58.6 Å². The van der Waals surface area contributed by atoms with Gasteiger partial charge >= 0.3 is 0 Å². The van der Waals surface area contributed by atoms with Gasteiger partial charge in [-0.3, -0.25) is 4.79 Å². The summed E-state index contributed by atoms with van der Waals surface area (Å²) in [4.78, 5) is 25.9. The lowest BCUT2D eigenvalue weighted by atomic mass is 10.1. The Balaban J connectivity index is 1.13. The summed E-state index contributed by atoms with van der Waals surface area (Å²) in [6.45, 7) is 0. The van der Waals surface area contributed by atoms with E-state index in [2.05, 4.69) is 32.4 Å². The van der Waals surface area contributed by atoms with Crippen molar-refractivity contribution in [2.24, 2.45) is 0 Å². The summed E-state index contributed by atoms with van der Waals surface area (Å²) in [5.41, 5.74) is 4.74. The largest absolute Gasteiger partial charge is 0.338 e. The lowest BCUT2D eigenvalue weighted by Gasteiger charge is -1.98. The first-order valence-electron chi connectivity index (χ1n) is 10.6. The van der Waals surface area contributed by atoms with E-state index in [1.807, 2.05) is 33.3 Å². The van der Waals surface area contributed by atoms with E-state index in [0.717, 1.165) is 22.6 Å². The van der Waals surface area contributed by atoms with Crippen molar-refractivity contribution in [3.8, 4) is 0 Å². The predicted octanol–water partition coefficient (Wildman–Crippen LogP) is 4.30. The average Bonchev–Trinajstić information content (AvgIpc) is 3.21. The van der Waals surface area contributed by atoms with Crippen LogP contribution in [0.25, 0.3) is 11.2 Å². The summed E-state index contributed by atoms with van der Waals surface area (Å²) in [6.07, 6.45) is 11.3. The molecular weight excluding hydrogens is 428 g/mol. The molecule has 1 fully saturated rings. The third-order valence-electron chi connectivity index (χ3n) is 5.79. The number of aromatic nitrogens is 6. The quantitative estimate of drug-likeness (QED) is 0.346. The predicted molar refractivity (Wildman–Crippen MR) is 117 cm³/mol. The number of Topliss-reactive ketones (excluding diaryl/α,β-unsaturated/α-hetero) is 1. The Morgan fingerprint density at radius 3 is 2.94 bits per heavy atom. The molecule has 8 nitrogen and oxygen atoms in total. The summed E-state index contributed by atoms with van der Waals surface area (Å²) < 4.78 is 9.22. The molecule has 9 heteroatoms. The van der Waals surface area contributed by atoms with Crippen molar-refractivity contribution in [2.45, 2.75) is 38.0 Å². The molecule has 0 aliphatic heterocycles. The molecule has 0 bridgehead atoms. The maximum Gasteiger partial charge on any atom is 0.238 e. The summed E-state index contributed by atoms with van der Waals surface area (Å²) in [5.74, 6) is 0.957. The van der Waals surface area contributed by atoms with Crippen molar-refractivity contribution in [1.82, 2.24) is 28.9 Å². The Bertz CT molecular complexity index is 1460. The van der Waals surface area contributed by atoms with Crippen LogP contribution in [-0.2, 0) is 12.8 Å². The molecule has 160 valence electrons.